The van der Waals surface area contributed by atoms with Gasteiger partial charge < -0.3 is 9.80 Å². The molecule has 3 nitrogen and oxygen atoms in total. The van der Waals surface area contributed by atoms with Crippen LogP contribution in [0.25, 0.3) is 0 Å². The van der Waals surface area contributed by atoms with Crippen molar-refractivity contribution >= 4 is 33.2 Å². The van der Waals surface area contributed by atoms with Crippen LogP contribution in [-0.4, -0.2) is 48.9 Å². The molecule has 2 rings (SSSR count). The zero-order chi connectivity index (χ0) is 12.4. The summed E-state index contributed by atoms with van der Waals surface area (Å²) in [7, 11) is 4.12. The molecule has 1 aromatic heterocycles. The highest BCUT2D eigenvalue weighted by atomic mass is 79.9. The molecule has 1 unspecified atom stereocenters. The van der Waals surface area contributed by atoms with E-state index in [1.807, 2.05) is 17.0 Å². The van der Waals surface area contributed by atoms with Crippen LogP contribution < -0.4 is 0 Å². The first-order valence-electron chi connectivity index (χ1n) is 5.79. The Kier molecular flexibility index (Phi) is 4.22. The second-order valence-electron chi connectivity index (χ2n) is 4.66. The van der Waals surface area contributed by atoms with Gasteiger partial charge in [-0.2, -0.15) is 0 Å². The number of carbonyl (C=O) groups excluding carboxylic acids is 1. The summed E-state index contributed by atoms with van der Waals surface area (Å²) in [5.41, 5.74) is 0. The van der Waals surface area contributed by atoms with Crippen LogP contribution in [0.5, 0.6) is 0 Å². The fourth-order valence-electron chi connectivity index (χ4n) is 2.29. The summed E-state index contributed by atoms with van der Waals surface area (Å²) in [6.07, 6.45) is 2.24. The van der Waals surface area contributed by atoms with Crippen LogP contribution >= 0.6 is 27.3 Å². The van der Waals surface area contributed by atoms with Gasteiger partial charge in [0, 0.05) is 19.1 Å². The zero-order valence-corrected chi connectivity index (χ0v) is 12.6. The van der Waals surface area contributed by atoms with Crippen LogP contribution in [0, 0.1) is 0 Å². The minimum atomic E-state index is 0.185. The van der Waals surface area contributed by atoms with Gasteiger partial charge in [0.25, 0.3) is 5.91 Å². The molecule has 1 aliphatic rings. The maximum absolute atomic E-state index is 12.3. The van der Waals surface area contributed by atoms with Crippen molar-refractivity contribution in [2.45, 2.75) is 18.9 Å². The fraction of sp³-hybridized carbons (Fsp3) is 0.583. The predicted molar refractivity (Wildman–Crippen MR) is 74.6 cm³/mol. The zero-order valence-electron chi connectivity index (χ0n) is 10.1. The molecule has 17 heavy (non-hydrogen) atoms. The molecule has 0 aliphatic carbocycles. The first-order chi connectivity index (χ1) is 8.08. The van der Waals surface area contributed by atoms with Gasteiger partial charge in [-0.25, -0.2) is 0 Å². The fourth-order valence-corrected chi connectivity index (χ4v) is 3.63. The Morgan fingerprint density at radius 2 is 2.35 bits per heavy atom. The van der Waals surface area contributed by atoms with E-state index in [-0.39, 0.29) is 5.91 Å². The minimum absolute atomic E-state index is 0.185. The third-order valence-electron chi connectivity index (χ3n) is 3.00. The molecule has 1 atom stereocenters. The molecule has 0 radical (unpaired) electrons. The highest BCUT2D eigenvalue weighted by Crippen LogP contribution is 2.26. The number of thiophene rings is 1. The molecule has 1 aromatic rings. The van der Waals surface area contributed by atoms with E-state index in [9.17, 15) is 4.79 Å². The Balaban J connectivity index is 2.08. The summed E-state index contributed by atoms with van der Waals surface area (Å²) in [6, 6.07) is 4.22. The highest BCUT2D eigenvalue weighted by molar-refractivity contribution is 9.11. The molecular formula is C12H17BrN2OS. The van der Waals surface area contributed by atoms with Crippen LogP contribution in [0.2, 0.25) is 0 Å². The number of likely N-dealkylation sites (tertiary alicyclic amines) is 1. The lowest BCUT2D eigenvalue weighted by atomic mass is 10.2. The predicted octanol–water partition coefficient (Wildman–Crippen LogP) is 2.68. The number of halogens is 1. The first kappa shape index (κ1) is 13.1. The van der Waals surface area contributed by atoms with Gasteiger partial charge in [0.1, 0.15) is 0 Å². The van der Waals surface area contributed by atoms with Gasteiger partial charge >= 0.3 is 0 Å². The minimum Gasteiger partial charge on any atom is -0.334 e. The average Bonchev–Trinajstić information content (AvgIpc) is 2.85. The highest BCUT2D eigenvalue weighted by Gasteiger charge is 2.30. The van der Waals surface area contributed by atoms with Gasteiger partial charge in [0.05, 0.1) is 8.66 Å². The van der Waals surface area contributed by atoms with E-state index in [1.165, 1.54) is 11.3 Å². The van der Waals surface area contributed by atoms with Gasteiger partial charge in [-0.15, -0.1) is 11.3 Å². The topological polar surface area (TPSA) is 23.6 Å². The lowest BCUT2D eigenvalue weighted by Gasteiger charge is -2.26. The Morgan fingerprint density at radius 3 is 2.94 bits per heavy atom. The normalized spacial score (nSPS) is 20.2. The monoisotopic (exact) mass is 316 g/mol. The maximum Gasteiger partial charge on any atom is 0.264 e. The molecule has 0 bridgehead atoms. The average molecular weight is 317 g/mol. The van der Waals surface area contributed by atoms with E-state index < -0.39 is 0 Å². The second kappa shape index (κ2) is 5.50. The molecule has 1 aliphatic heterocycles. The number of hydrogen-bond donors (Lipinski definition) is 0. The number of amides is 1. The Morgan fingerprint density at radius 1 is 1.59 bits per heavy atom. The molecule has 2 heterocycles. The quantitative estimate of drug-likeness (QED) is 0.856. The number of carbonyl (C=O) groups is 1. The van der Waals surface area contributed by atoms with Crippen LogP contribution in [0.1, 0.15) is 22.5 Å². The van der Waals surface area contributed by atoms with Crippen molar-refractivity contribution in [2.24, 2.45) is 0 Å². The summed E-state index contributed by atoms with van der Waals surface area (Å²) in [5, 5.41) is 0. The Bertz CT molecular complexity index is 405. The molecule has 0 aromatic carbocycles. The number of likely N-dealkylation sites (N-methyl/N-ethyl adjacent to an activating group) is 1. The summed E-state index contributed by atoms with van der Waals surface area (Å²) < 4.78 is 1.02. The van der Waals surface area contributed by atoms with Crippen molar-refractivity contribution in [3.8, 4) is 0 Å². The molecule has 0 saturated carbocycles. The molecule has 0 N–H and O–H groups in total. The van der Waals surface area contributed by atoms with Crippen LogP contribution in [0.4, 0.5) is 0 Å². The summed E-state index contributed by atoms with van der Waals surface area (Å²) in [5.74, 6) is 0.185. The molecule has 0 spiro atoms. The van der Waals surface area contributed by atoms with Gasteiger partial charge in [-0.3, -0.25) is 4.79 Å². The summed E-state index contributed by atoms with van der Waals surface area (Å²) in [6.45, 7) is 1.85. The molecule has 5 heteroatoms. The molecule has 1 amide bonds. The van der Waals surface area contributed by atoms with Gasteiger partial charge in [-0.05, 0) is 55.0 Å². The largest absolute Gasteiger partial charge is 0.334 e. The van der Waals surface area contributed by atoms with Gasteiger partial charge in [-0.1, -0.05) is 0 Å². The second-order valence-corrected chi connectivity index (χ2v) is 7.12. The number of hydrogen-bond acceptors (Lipinski definition) is 3. The van der Waals surface area contributed by atoms with Crippen molar-refractivity contribution in [2.75, 3.05) is 27.2 Å². The maximum atomic E-state index is 12.3. The number of nitrogens with zero attached hydrogens (tertiary/aromatic N) is 2. The third kappa shape index (κ3) is 3.09. The Hall–Kier alpha value is -0.390. The van der Waals surface area contributed by atoms with E-state index in [2.05, 4.69) is 34.9 Å². The molecule has 1 fully saturated rings. The van der Waals surface area contributed by atoms with E-state index in [1.54, 1.807) is 0 Å². The van der Waals surface area contributed by atoms with Crippen LogP contribution in [-0.2, 0) is 0 Å². The number of rotatable bonds is 3. The van der Waals surface area contributed by atoms with Crippen molar-refractivity contribution in [3.05, 3.63) is 20.8 Å². The van der Waals surface area contributed by atoms with E-state index in [4.69, 9.17) is 0 Å². The van der Waals surface area contributed by atoms with Crippen molar-refractivity contribution in [1.82, 2.24) is 9.80 Å². The SMILES string of the molecule is CN(C)CC1CCCN1C(=O)c1ccc(Br)s1. The molecule has 1 saturated heterocycles. The van der Waals surface area contributed by atoms with Gasteiger partial charge in [0.2, 0.25) is 0 Å². The third-order valence-corrected chi connectivity index (χ3v) is 4.61. The summed E-state index contributed by atoms with van der Waals surface area (Å²) >= 11 is 4.92. The van der Waals surface area contributed by atoms with Crippen molar-refractivity contribution in [3.63, 3.8) is 0 Å². The molecule has 94 valence electrons. The lowest BCUT2D eigenvalue weighted by molar-refractivity contribution is 0.0721. The van der Waals surface area contributed by atoms with E-state index >= 15 is 0 Å². The van der Waals surface area contributed by atoms with Crippen molar-refractivity contribution in [1.29, 1.82) is 0 Å². The van der Waals surface area contributed by atoms with E-state index in [0.717, 1.165) is 34.6 Å². The Labute approximate surface area is 115 Å². The van der Waals surface area contributed by atoms with Crippen LogP contribution in [0.15, 0.2) is 15.9 Å². The first-order valence-corrected chi connectivity index (χ1v) is 7.40. The van der Waals surface area contributed by atoms with Crippen LogP contribution in [0.3, 0.4) is 0 Å². The van der Waals surface area contributed by atoms with E-state index in [0.29, 0.717) is 6.04 Å². The molecular weight excluding hydrogens is 300 g/mol. The smallest absolute Gasteiger partial charge is 0.264 e. The van der Waals surface area contributed by atoms with Gasteiger partial charge in [0.15, 0.2) is 0 Å². The van der Waals surface area contributed by atoms with Crippen molar-refractivity contribution < 1.29 is 4.79 Å². The standard InChI is InChI=1S/C12H17BrN2OS/c1-14(2)8-9-4-3-7-15(9)12(16)10-5-6-11(13)17-10/h5-6,9H,3-4,7-8H2,1-2H3. The lowest BCUT2D eigenvalue weighted by Crippen LogP contribution is -2.41. The summed E-state index contributed by atoms with van der Waals surface area (Å²) in [4.78, 5) is 17.4.